The van der Waals surface area contributed by atoms with Crippen LogP contribution in [0.2, 0.25) is 0 Å². The zero-order chi connectivity index (χ0) is 19.8. The number of hydrogen-bond donors (Lipinski definition) is 4. The lowest BCUT2D eigenvalue weighted by atomic mass is 10.2. The fourth-order valence-corrected chi connectivity index (χ4v) is 3.64. The molecule has 0 saturated carbocycles. The summed E-state index contributed by atoms with van der Waals surface area (Å²) < 4.78 is 1.14. The van der Waals surface area contributed by atoms with E-state index in [1.165, 1.54) is 0 Å². The lowest BCUT2D eigenvalue weighted by Crippen LogP contribution is -2.40. The molecule has 9 heteroatoms. The van der Waals surface area contributed by atoms with Gasteiger partial charge in [0.2, 0.25) is 5.91 Å². The highest BCUT2D eigenvalue weighted by atomic mass is 127. The molecule has 1 atom stereocenters. The van der Waals surface area contributed by atoms with Crippen molar-refractivity contribution in [2.45, 2.75) is 13.0 Å². The summed E-state index contributed by atoms with van der Waals surface area (Å²) in [4.78, 5) is 21.1. The van der Waals surface area contributed by atoms with Crippen molar-refractivity contribution in [2.24, 2.45) is 4.99 Å². The van der Waals surface area contributed by atoms with Crippen molar-refractivity contribution in [3.8, 4) is 0 Å². The molecule has 0 saturated heterocycles. The SMILES string of the molecule is CCNC(=NCC(=O)Nc1cccnc1)NCC(O)c1cc2ccccc2s1.I. The molecule has 0 radical (unpaired) electrons. The van der Waals surface area contributed by atoms with Crippen molar-refractivity contribution < 1.29 is 9.90 Å². The summed E-state index contributed by atoms with van der Waals surface area (Å²) in [5.74, 6) is 0.235. The van der Waals surface area contributed by atoms with E-state index >= 15 is 0 Å². The molecule has 3 aromatic rings. The van der Waals surface area contributed by atoms with Gasteiger partial charge in [-0.3, -0.25) is 9.78 Å². The number of aliphatic hydroxyl groups excluding tert-OH is 1. The van der Waals surface area contributed by atoms with E-state index in [-0.39, 0.29) is 36.4 Å². The first-order chi connectivity index (χ1) is 13.7. The second kappa shape index (κ2) is 11.7. The van der Waals surface area contributed by atoms with E-state index in [0.29, 0.717) is 24.7 Å². The van der Waals surface area contributed by atoms with Crippen molar-refractivity contribution in [3.63, 3.8) is 0 Å². The van der Waals surface area contributed by atoms with Gasteiger partial charge in [0.15, 0.2) is 5.96 Å². The van der Waals surface area contributed by atoms with Crippen LogP contribution in [0.25, 0.3) is 10.1 Å². The number of aliphatic hydroxyl groups is 1. The number of benzene rings is 1. The number of aliphatic imine (C=N–C) groups is 1. The first kappa shape index (κ1) is 23.0. The minimum Gasteiger partial charge on any atom is -0.386 e. The number of anilines is 1. The third-order valence-corrected chi connectivity index (χ3v) is 5.12. The van der Waals surface area contributed by atoms with Crippen molar-refractivity contribution in [2.75, 3.05) is 25.0 Å². The predicted molar refractivity (Wildman–Crippen MR) is 129 cm³/mol. The smallest absolute Gasteiger partial charge is 0.246 e. The Kier molecular flexibility index (Phi) is 9.29. The van der Waals surface area contributed by atoms with Gasteiger partial charge in [-0.1, -0.05) is 18.2 Å². The number of aromatic nitrogens is 1. The molecule has 1 aromatic carbocycles. The van der Waals surface area contributed by atoms with Gasteiger partial charge in [0.25, 0.3) is 0 Å². The van der Waals surface area contributed by atoms with Crippen LogP contribution in [0.3, 0.4) is 0 Å². The third kappa shape index (κ3) is 6.94. The maximum Gasteiger partial charge on any atom is 0.246 e. The van der Waals surface area contributed by atoms with Crippen LogP contribution < -0.4 is 16.0 Å². The van der Waals surface area contributed by atoms with Gasteiger partial charge < -0.3 is 21.1 Å². The highest BCUT2D eigenvalue weighted by Gasteiger charge is 2.12. The second-order valence-electron chi connectivity index (χ2n) is 6.07. The molecule has 0 fully saturated rings. The summed E-state index contributed by atoms with van der Waals surface area (Å²) in [5, 5.41) is 20.5. The van der Waals surface area contributed by atoms with Crippen molar-refractivity contribution in [3.05, 3.63) is 59.7 Å². The number of pyridine rings is 1. The Morgan fingerprint density at radius 2 is 2.07 bits per heavy atom. The molecule has 0 aliphatic carbocycles. The van der Waals surface area contributed by atoms with Gasteiger partial charge in [-0.2, -0.15) is 0 Å². The van der Waals surface area contributed by atoms with E-state index < -0.39 is 6.10 Å². The number of nitrogens with one attached hydrogen (secondary N) is 3. The van der Waals surface area contributed by atoms with Crippen LogP contribution in [0, 0.1) is 0 Å². The Labute approximate surface area is 190 Å². The standard InChI is InChI=1S/C20H23N5O2S.HI/c1-2-22-20(24-13-19(27)25-15-7-5-9-21-11-15)23-12-16(26)18-10-14-6-3-4-8-17(14)28-18;/h3-11,16,26H,2,12-13H2,1H3,(H,25,27)(H2,22,23,24);1H. The van der Waals surface area contributed by atoms with Crippen LogP contribution in [0.5, 0.6) is 0 Å². The summed E-state index contributed by atoms with van der Waals surface area (Å²) in [6.45, 7) is 2.84. The number of carbonyl (C=O) groups excluding carboxylic acids is 1. The maximum atomic E-state index is 12.0. The monoisotopic (exact) mass is 525 g/mol. The zero-order valence-corrected chi connectivity index (χ0v) is 19.1. The van der Waals surface area contributed by atoms with Gasteiger partial charge in [0.1, 0.15) is 12.6 Å². The number of hydrogen-bond acceptors (Lipinski definition) is 5. The number of rotatable bonds is 7. The number of carbonyl (C=O) groups is 1. The molecule has 1 unspecified atom stereocenters. The van der Waals surface area contributed by atoms with Crippen LogP contribution >= 0.6 is 35.3 Å². The summed E-state index contributed by atoms with van der Waals surface area (Å²) in [5.41, 5.74) is 0.626. The van der Waals surface area contributed by atoms with E-state index in [4.69, 9.17) is 0 Å². The van der Waals surface area contributed by atoms with E-state index in [0.717, 1.165) is 15.0 Å². The van der Waals surface area contributed by atoms with E-state index in [1.807, 2.05) is 37.3 Å². The lowest BCUT2D eigenvalue weighted by Gasteiger charge is -2.14. The molecular weight excluding hydrogens is 501 g/mol. The lowest BCUT2D eigenvalue weighted by molar-refractivity contribution is -0.114. The average Bonchev–Trinajstić information content (AvgIpc) is 3.15. The van der Waals surface area contributed by atoms with Crippen LogP contribution in [-0.4, -0.2) is 41.6 Å². The van der Waals surface area contributed by atoms with E-state index in [1.54, 1.807) is 35.9 Å². The normalized spacial score (nSPS) is 12.1. The minimum atomic E-state index is -0.662. The fraction of sp³-hybridized carbons (Fsp3) is 0.250. The molecule has 7 nitrogen and oxygen atoms in total. The van der Waals surface area contributed by atoms with Crippen LogP contribution in [0.15, 0.2) is 59.9 Å². The largest absolute Gasteiger partial charge is 0.386 e. The predicted octanol–water partition coefficient (Wildman–Crippen LogP) is 3.14. The second-order valence-corrected chi connectivity index (χ2v) is 7.18. The molecular formula is C20H24IN5O2S. The number of fused-ring (bicyclic) bond motifs is 1. The molecule has 154 valence electrons. The van der Waals surface area contributed by atoms with Gasteiger partial charge in [-0.15, -0.1) is 35.3 Å². The number of amides is 1. The number of guanidine groups is 1. The number of thiophene rings is 1. The Balaban J connectivity index is 0.00000300. The summed E-state index contributed by atoms with van der Waals surface area (Å²) in [7, 11) is 0. The topological polar surface area (TPSA) is 98.6 Å². The van der Waals surface area contributed by atoms with Gasteiger partial charge in [0.05, 0.1) is 11.9 Å². The van der Waals surface area contributed by atoms with E-state index in [9.17, 15) is 9.90 Å². The van der Waals surface area contributed by atoms with Gasteiger partial charge in [0, 0.05) is 28.9 Å². The maximum absolute atomic E-state index is 12.0. The van der Waals surface area contributed by atoms with Crippen molar-refractivity contribution >= 4 is 63.0 Å². The molecule has 29 heavy (non-hydrogen) atoms. The summed E-state index contributed by atoms with van der Waals surface area (Å²) in [6, 6.07) is 13.5. The molecule has 0 bridgehead atoms. The Morgan fingerprint density at radius 3 is 2.79 bits per heavy atom. The highest BCUT2D eigenvalue weighted by molar-refractivity contribution is 14.0. The first-order valence-corrected chi connectivity index (χ1v) is 9.86. The Bertz CT molecular complexity index is 915. The van der Waals surface area contributed by atoms with E-state index in [2.05, 4.69) is 25.9 Å². The van der Waals surface area contributed by atoms with Crippen LogP contribution in [0.1, 0.15) is 17.9 Å². The van der Waals surface area contributed by atoms with Crippen molar-refractivity contribution in [1.82, 2.24) is 15.6 Å². The molecule has 2 heterocycles. The molecule has 0 aliphatic rings. The van der Waals surface area contributed by atoms with Crippen LogP contribution in [-0.2, 0) is 4.79 Å². The Morgan fingerprint density at radius 1 is 1.24 bits per heavy atom. The molecule has 3 rings (SSSR count). The summed E-state index contributed by atoms with van der Waals surface area (Å²) in [6.07, 6.45) is 2.56. The van der Waals surface area contributed by atoms with Crippen molar-refractivity contribution in [1.29, 1.82) is 0 Å². The Hall–Kier alpha value is -2.24. The number of halogens is 1. The summed E-state index contributed by atoms with van der Waals surface area (Å²) >= 11 is 1.57. The highest BCUT2D eigenvalue weighted by Crippen LogP contribution is 2.29. The minimum absolute atomic E-state index is 0. The van der Waals surface area contributed by atoms with Gasteiger partial charge in [-0.05, 0) is 36.6 Å². The molecule has 4 N–H and O–H groups in total. The van der Waals surface area contributed by atoms with Crippen LogP contribution in [0.4, 0.5) is 5.69 Å². The van der Waals surface area contributed by atoms with Gasteiger partial charge in [-0.25, -0.2) is 4.99 Å². The van der Waals surface area contributed by atoms with Gasteiger partial charge >= 0.3 is 0 Å². The first-order valence-electron chi connectivity index (χ1n) is 9.04. The number of nitrogens with zero attached hydrogens (tertiary/aromatic N) is 2. The third-order valence-electron chi connectivity index (χ3n) is 3.91. The molecule has 1 amide bonds. The quantitative estimate of drug-likeness (QED) is 0.216. The molecule has 2 aromatic heterocycles. The fourth-order valence-electron chi connectivity index (χ4n) is 2.59. The average molecular weight is 525 g/mol. The molecule has 0 aliphatic heterocycles. The zero-order valence-electron chi connectivity index (χ0n) is 16.0. The molecule has 0 spiro atoms.